The zero-order chi connectivity index (χ0) is 34.6. The molecule has 0 aromatic rings. The molecule has 0 spiro atoms. The Kier molecular flexibility index (Phi) is 14.8. The van der Waals surface area contributed by atoms with Crippen molar-refractivity contribution in [3.63, 3.8) is 0 Å². The molecular formula is C26H48O20. The molecule has 0 saturated carbocycles. The molecule has 46 heavy (non-hydrogen) atoms. The first kappa shape index (κ1) is 39.6. The van der Waals surface area contributed by atoms with Gasteiger partial charge in [0, 0.05) is 11.8 Å². The van der Waals surface area contributed by atoms with Gasteiger partial charge >= 0.3 is 0 Å². The van der Waals surface area contributed by atoms with Crippen molar-refractivity contribution in [1.82, 2.24) is 0 Å². The van der Waals surface area contributed by atoms with E-state index in [9.17, 15) is 61.3 Å². The summed E-state index contributed by atoms with van der Waals surface area (Å²) < 4.78 is 31.5. The summed E-state index contributed by atoms with van der Waals surface area (Å²) in [5.41, 5.74) is 0. The van der Waals surface area contributed by atoms with Crippen LogP contribution in [0.25, 0.3) is 0 Å². The normalized spacial score (nSPS) is 51.7. The average molecular weight is 681 g/mol. The fourth-order valence-corrected chi connectivity index (χ4v) is 5.44. The van der Waals surface area contributed by atoms with E-state index in [1.54, 1.807) is 0 Å². The van der Waals surface area contributed by atoms with Crippen LogP contribution in [0, 0.1) is 11.8 Å². The Morgan fingerprint density at radius 2 is 0.696 bits per heavy atom. The molecule has 4 aliphatic rings. The van der Waals surface area contributed by atoms with E-state index < -0.39 is 149 Å². The SMILES string of the molecule is C[C@@H]1C(O)OC(CO)[C@@H](O[C@@H]2OC(CO)[C@H](O)C(O)[C@@H]2O)C1O.C[C@@H]1C(O)OC(CO)[C@@H](O[C@@H]2OC(CO)[C@H](O)C(O)[C@@H]2O)C1O. The molecule has 4 saturated heterocycles. The lowest BCUT2D eigenvalue weighted by Gasteiger charge is -2.45. The molecule has 20 atom stereocenters. The Morgan fingerprint density at radius 3 is 0.978 bits per heavy atom. The lowest BCUT2D eigenvalue weighted by Crippen LogP contribution is -2.63. The van der Waals surface area contributed by atoms with Crippen LogP contribution in [0.2, 0.25) is 0 Å². The van der Waals surface area contributed by atoms with E-state index in [1.807, 2.05) is 0 Å². The maximum atomic E-state index is 10.2. The lowest BCUT2D eigenvalue weighted by atomic mass is 9.92. The molecule has 14 N–H and O–H groups in total. The smallest absolute Gasteiger partial charge is 0.187 e. The van der Waals surface area contributed by atoms with Crippen LogP contribution >= 0.6 is 0 Å². The molecule has 20 nitrogen and oxygen atoms in total. The van der Waals surface area contributed by atoms with Crippen molar-refractivity contribution in [2.24, 2.45) is 11.8 Å². The van der Waals surface area contributed by atoms with Gasteiger partial charge in [-0.1, -0.05) is 13.8 Å². The minimum absolute atomic E-state index is 0.567. The van der Waals surface area contributed by atoms with E-state index in [0.29, 0.717) is 0 Å². The number of hydrogen-bond donors (Lipinski definition) is 14. The third kappa shape index (κ3) is 8.49. The lowest BCUT2D eigenvalue weighted by molar-refractivity contribution is -0.349. The Bertz CT molecular complexity index is 826. The minimum atomic E-state index is -1.64. The minimum Gasteiger partial charge on any atom is -0.394 e. The van der Waals surface area contributed by atoms with Gasteiger partial charge in [-0.2, -0.15) is 0 Å². The second-order valence-corrected chi connectivity index (χ2v) is 11.8. The van der Waals surface area contributed by atoms with Gasteiger partial charge in [0.2, 0.25) is 0 Å². The predicted molar refractivity (Wildman–Crippen MR) is 144 cm³/mol. The zero-order valence-electron chi connectivity index (χ0n) is 25.1. The fraction of sp³-hybridized carbons (Fsp3) is 1.00. The number of rotatable bonds is 8. The van der Waals surface area contributed by atoms with E-state index >= 15 is 0 Å². The van der Waals surface area contributed by atoms with E-state index in [4.69, 9.17) is 38.6 Å². The van der Waals surface area contributed by atoms with Gasteiger partial charge in [-0.15, -0.1) is 0 Å². The number of ether oxygens (including phenoxy) is 6. The Labute approximate surface area is 263 Å². The summed E-state index contributed by atoms with van der Waals surface area (Å²) in [5, 5.41) is 135. The van der Waals surface area contributed by atoms with E-state index in [0.717, 1.165) is 0 Å². The number of aliphatic hydroxyl groups excluding tert-OH is 14. The molecule has 10 unspecified atom stereocenters. The molecule has 4 rings (SSSR count). The highest BCUT2D eigenvalue weighted by Gasteiger charge is 2.51. The average Bonchev–Trinajstić information content (AvgIpc) is 3.05. The summed E-state index contributed by atoms with van der Waals surface area (Å²) in [5.74, 6) is -1.46. The zero-order valence-corrected chi connectivity index (χ0v) is 25.1. The first-order valence-corrected chi connectivity index (χ1v) is 14.8. The molecule has 0 bridgehead atoms. The van der Waals surface area contributed by atoms with Crippen molar-refractivity contribution < 1.29 is 99.9 Å². The molecule has 4 aliphatic heterocycles. The molecule has 4 fully saturated rings. The monoisotopic (exact) mass is 680 g/mol. The topological polar surface area (TPSA) is 339 Å². The molecule has 4 heterocycles. The fourth-order valence-electron chi connectivity index (χ4n) is 5.44. The first-order chi connectivity index (χ1) is 21.6. The van der Waals surface area contributed by atoms with Crippen molar-refractivity contribution in [3.8, 4) is 0 Å². The van der Waals surface area contributed by atoms with Gasteiger partial charge in [0.1, 0.15) is 73.2 Å². The van der Waals surface area contributed by atoms with Crippen molar-refractivity contribution in [3.05, 3.63) is 0 Å². The van der Waals surface area contributed by atoms with Gasteiger partial charge in [0.05, 0.1) is 38.6 Å². The van der Waals surface area contributed by atoms with Crippen LogP contribution < -0.4 is 0 Å². The molecule has 0 aliphatic carbocycles. The summed E-state index contributed by atoms with van der Waals surface area (Å²) in [4.78, 5) is 0. The standard InChI is InChI=1S/2C13H24O10/c2*1-4-7(16)11(6(3-15)21-12(4)20)23-13-10(19)9(18)8(17)5(2-14)22-13/h2*4-20H,2-3H2,1H3/t2*4-,5?,6?,7?,8-,9?,10-,11+,12?,13-/m00/s1. The van der Waals surface area contributed by atoms with Gasteiger partial charge in [0.25, 0.3) is 0 Å². The van der Waals surface area contributed by atoms with Crippen LogP contribution in [0.5, 0.6) is 0 Å². The van der Waals surface area contributed by atoms with E-state index in [1.165, 1.54) is 13.8 Å². The highest BCUT2D eigenvalue weighted by atomic mass is 16.7. The number of hydrogen-bond acceptors (Lipinski definition) is 20. The summed E-state index contributed by atoms with van der Waals surface area (Å²) >= 11 is 0. The maximum Gasteiger partial charge on any atom is 0.187 e. The first-order valence-electron chi connectivity index (χ1n) is 14.8. The molecule has 0 radical (unpaired) electrons. The molecule has 0 aromatic carbocycles. The predicted octanol–water partition coefficient (Wildman–Crippen LogP) is -8.24. The van der Waals surface area contributed by atoms with Gasteiger partial charge in [-0.25, -0.2) is 0 Å². The summed E-state index contributed by atoms with van der Waals surface area (Å²) in [6.07, 6.45) is -24.4. The quantitative estimate of drug-likeness (QED) is 0.113. The molecule has 0 amide bonds. The molecule has 272 valence electrons. The van der Waals surface area contributed by atoms with Crippen molar-refractivity contribution in [2.45, 2.75) is 124 Å². The second-order valence-electron chi connectivity index (χ2n) is 11.8. The van der Waals surface area contributed by atoms with Crippen LogP contribution in [0.15, 0.2) is 0 Å². The van der Waals surface area contributed by atoms with Crippen LogP contribution in [0.1, 0.15) is 13.8 Å². The van der Waals surface area contributed by atoms with Crippen molar-refractivity contribution in [2.75, 3.05) is 26.4 Å². The maximum absolute atomic E-state index is 10.2. The van der Waals surface area contributed by atoms with Crippen LogP contribution in [-0.4, -0.2) is 209 Å². The molecule has 0 aromatic heterocycles. The number of aliphatic hydroxyl groups is 14. The molecule has 20 heteroatoms. The largest absolute Gasteiger partial charge is 0.394 e. The van der Waals surface area contributed by atoms with Crippen molar-refractivity contribution >= 4 is 0 Å². The highest BCUT2D eigenvalue weighted by molar-refractivity contribution is 4.94. The van der Waals surface area contributed by atoms with Crippen LogP contribution in [0.3, 0.4) is 0 Å². The Hall–Kier alpha value is -0.800. The highest BCUT2D eigenvalue weighted by Crippen LogP contribution is 2.32. The van der Waals surface area contributed by atoms with Crippen LogP contribution in [-0.2, 0) is 28.4 Å². The molecular weight excluding hydrogens is 632 g/mol. The summed E-state index contributed by atoms with van der Waals surface area (Å²) in [6.45, 7) is 0.644. The van der Waals surface area contributed by atoms with Gasteiger partial charge in [-0.3, -0.25) is 0 Å². The van der Waals surface area contributed by atoms with Gasteiger partial charge in [0.15, 0.2) is 25.2 Å². The van der Waals surface area contributed by atoms with E-state index in [-0.39, 0.29) is 0 Å². The van der Waals surface area contributed by atoms with Crippen molar-refractivity contribution in [1.29, 1.82) is 0 Å². The second kappa shape index (κ2) is 17.2. The van der Waals surface area contributed by atoms with Gasteiger partial charge in [-0.05, 0) is 0 Å². The Balaban J connectivity index is 0.000000250. The van der Waals surface area contributed by atoms with Crippen LogP contribution in [0.4, 0.5) is 0 Å². The Morgan fingerprint density at radius 1 is 0.391 bits per heavy atom. The van der Waals surface area contributed by atoms with Gasteiger partial charge < -0.3 is 99.9 Å². The van der Waals surface area contributed by atoms with E-state index in [2.05, 4.69) is 0 Å². The third-order valence-corrected chi connectivity index (χ3v) is 8.65. The summed E-state index contributed by atoms with van der Waals surface area (Å²) in [7, 11) is 0. The summed E-state index contributed by atoms with van der Waals surface area (Å²) in [6, 6.07) is 0. The third-order valence-electron chi connectivity index (χ3n) is 8.65.